The fourth-order valence-electron chi connectivity index (χ4n) is 6.62. The third-order valence-corrected chi connectivity index (χ3v) is 13.4. The predicted octanol–water partition coefficient (Wildman–Crippen LogP) is 11.8. The molecule has 0 spiro atoms. The van der Waals surface area contributed by atoms with E-state index in [0.29, 0.717) is 21.8 Å². The van der Waals surface area contributed by atoms with Crippen molar-refractivity contribution in [3.8, 4) is 11.5 Å². The summed E-state index contributed by atoms with van der Waals surface area (Å²) in [6.45, 7) is 6.79. The van der Waals surface area contributed by atoms with E-state index < -0.39 is 22.9 Å². The number of carbonyl (C=O) groups is 2. The number of rotatable bonds is 4. The van der Waals surface area contributed by atoms with Crippen molar-refractivity contribution in [3.05, 3.63) is 164 Å². The zero-order valence-electron chi connectivity index (χ0n) is 34.2. The molecule has 0 aliphatic carbocycles. The van der Waals surface area contributed by atoms with Gasteiger partial charge in [0, 0.05) is 33.0 Å². The average molecular weight is 1170 g/mol. The quantitative estimate of drug-likeness (QED) is 0.0439. The number of aromatic nitrogens is 2. The summed E-state index contributed by atoms with van der Waals surface area (Å²) >= 11 is 48.8. The number of aromatic amines is 2. The number of halogens is 8. The number of amidine groups is 2. The van der Waals surface area contributed by atoms with Crippen LogP contribution in [0.15, 0.2) is 78.5 Å². The monoisotopic (exact) mass is 1160 g/mol. The number of benzene rings is 4. The fraction of sp³-hybridized carbons (Fsp3) is 0.143. The van der Waals surface area contributed by atoms with Crippen molar-refractivity contribution >= 4 is 150 Å². The Balaban J connectivity index is 0.000000220. The first-order valence-electron chi connectivity index (χ1n) is 18.9. The minimum absolute atomic E-state index is 0. The van der Waals surface area contributed by atoms with Crippen LogP contribution in [0.25, 0.3) is 43.1 Å². The Kier molecular flexibility index (Phi) is 18.6. The molecule has 3 aliphatic heterocycles. The molecule has 6 aromatic rings. The third-order valence-electron chi connectivity index (χ3n) is 9.76. The number of para-hydroxylation sites is 2. The van der Waals surface area contributed by atoms with E-state index in [4.69, 9.17) is 92.8 Å². The smallest absolute Gasteiger partial charge is 0.665 e. The van der Waals surface area contributed by atoms with Crippen LogP contribution in [0, 0.1) is 0 Å². The first kappa shape index (κ1) is 54.7. The van der Waals surface area contributed by atoms with Gasteiger partial charge in [0.05, 0.1) is 62.6 Å². The van der Waals surface area contributed by atoms with E-state index >= 15 is 0 Å². The van der Waals surface area contributed by atoms with Crippen molar-refractivity contribution in [3.63, 3.8) is 0 Å². The van der Waals surface area contributed by atoms with Crippen LogP contribution >= 0.6 is 92.8 Å². The van der Waals surface area contributed by atoms with Crippen molar-refractivity contribution in [1.29, 1.82) is 0 Å². The van der Waals surface area contributed by atoms with Crippen LogP contribution < -0.4 is 11.1 Å². The summed E-state index contributed by atoms with van der Waals surface area (Å²) in [4.78, 5) is 54.7. The van der Waals surface area contributed by atoms with E-state index in [2.05, 4.69) is 51.6 Å². The largest absolute Gasteiger partial charge is 2.00 e. The first-order valence-corrected chi connectivity index (χ1v) is 21.9. The average Bonchev–Trinajstić information content (AvgIpc) is 3.83. The number of H-pyrrole nitrogens is 2. The summed E-state index contributed by atoms with van der Waals surface area (Å²) in [7, 11) is 0. The van der Waals surface area contributed by atoms with Crippen LogP contribution in [0.2, 0.25) is 40.2 Å². The van der Waals surface area contributed by atoms with Gasteiger partial charge in [0.1, 0.15) is 22.6 Å². The molecule has 1 saturated heterocycles. The minimum Gasteiger partial charge on any atom is -0.665 e. The number of nitrogens with zero attached hydrogens (tertiary/aromatic N) is 8. The van der Waals surface area contributed by atoms with Crippen molar-refractivity contribution in [1.82, 2.24) is 9.97 Å². The van der Waals surface area contributed by atoms with Gasteiger partial charge in [-0.25, -0.2) is 0 Å². The van der Waals surface area contributed by atoms with E-state index in [1.165, 1.54) is 13.8 Å². The molecule has 5 heterocycles. The molecule has 0 saturated carbocycles. The minimum atomic E-state index is -0.700. The fourth-order valence-corrected chi connectivity index (χ4v) is 8.66. The zero-order chi connectivity index (χ0) is 47.7. The molecule has 4 N–H and O–H groups in total. The van der Waals surface area contributed by atoms with Crippen molar-refractivity contribution < 1.29 is 52.8 Å². The van der Waals surface area contributed by atoms with Gasteiger partial charge in [-0.05, 0) is 49.8 Å². The van der Waals surface area contributed by atoms with Crippen molar-refractivity contribution in [2.45, 2.75) is 13.8 Å². The maximum absolute atomic E-state index is 12.4. The molecule has 2 aromatic heterocycles. The number of amides is 2. The Hall–Kier alpha value is -4.25. The molecule has 26 heteroatoms. The predicted molar refractivity (Wildman–Crippen MR) is 264 cm³/mol. The van der Waals surface area contributed by atoms with Crippen LogP contribution in [0.4, 0.5) is 0 Å². The zero-order valence-corrected chi connectivity index (χ0v) is 42.2. The molecule has 3 aliphatic rings. The van der Waals surface area contributed by atoms with Gasteiger partial charge in [-0.15, -0.1) is 0 Å². The van der Waals surface area contributed by atoms with Crippen LogP contribution in [0.3, 0.4) is 0 Å². The summed E-state index contributed by atoms with van der Waals surface area (Å²) in [5, 5.41) is 53.0. The molecular formula is C42H26Cl8N10Ni2O6. The van der Waals surface area contributed by atoms with Crippen molar-refractivity contribution in [2.75, 3.05) is 26.2 Å². The molecule has 2 amide bonds. The van der Waals surface area contributed by atoms with Gasteiger partial charge >= 0.3 is 33.0 Å². The van der Waals surface area contributed by atoms with E-state index in [1.54, 1.807) is 48.5 Å². The number of piperazine rings is 1. The second kappa shape index (κ2) is 23.1. The van der Waals surface area contributed by atoms with E-state index in [9.17, 15) is 29.4 Å². The van der Waals surface area contributed by atoms with Gasteiger partial charge in [0.15, 0.2) is 11.8 Å². The second-order valence-corrected chi connectivity index (χ2v) is 16.9. The number of pyridine rings is 2. The molecule has 9 rings (SSSR count). The number of hydrogen-bond donors (Lipinski definition) is 4. The molecular weight excluding hydrogens is 1140 g/mol. The van der Waals surface area contributed by atoms with Crippen LogP contribution in [0.1, 0.15) is 56.8 Å². The second-order valence-electron chi connectivity index (χ2n) is 13.9. The van der Waals surface area contributed by atoms with Gasteiger partial charge < -0.3 is 51.7 Å². The van der Waals surface area contributed by atoms with E-state index in [-0.39, 0.29) is 141 Å². The number of hydrogen-bond acceptors (Lipinski definition) is 10. The summed E-state index contributed by atoms with van der Waals surface area (Å²) in [5.74, 6) is -2.17. The Morgan fingerprint density at radius 1 is 0.500 bits per heavy atom. The summed E-state index contributed by atoms with van der Waals surface area (Å²) < 4.78 is 0. The van der Waals surface area contributed by atoms with Gasteiger partial charge in [-0.1, -0.05) is 117 Å². The van der Waals surface area contributed by atoms with Crippen LogP contribution in [-0.4, -0.2) is 81.3 Å². The van der Waals surface area contributed by atoms with Gasteiger partial charge in [0.25, 0.3) is 11.1 Å². The molecule has 16 nitrogen and oxygen atoms in total. The van der Waals surface area contributed by atoms with Gasteiger partial charge in [0.2, 0.25) is 0 Å². The van der Waals surface area contributed by atoms with Crippen LogP contribution in [-0.2, 0) is 33.0 Å². The van der Waals surface area contributed by atoms with Crippen molar-refractivity contribution in [2.24, 2.45) is 20.4 Å². The maximum atomic E-state index is 12.4. The molecule has 356 valence electrons. The first-order chi connectivity index (χ1) is 31.4. The van der Waals surface area contributed by atoms with E-state index in [1.807, 2.05) is 0 Å². The summed E-state index contributed by atoms with van der Waals surface area (Å²) in [6, 6.07) is 13.5. The third kappa shape index (κ3) is 10.7. The number of nitrogens with one attached hydrogen (secondary N) is 2. The Bertz CT molecular complexity index is 3080. The van der Waals surface area contributed by atoms with E-state index in [0.717, 1.165) is 26.2 Å². The topological polar surface area (TPSA) is 246 Å². The summed E-state index contributed by atoms with van der Waals surface area (Å²) in [6.07, 6.45) is 0. The summed E-state index contributed by atoms with van der Waals surface area (Å²) in [5.41, 5.74) is -0.00168. The molecule has 68 heavy (non-hydrogen) atoms. The molecule has 1 fully saturated rings. The van der Waals surface area contributed by atoms with Gasteiger partial charge in [-0.3, -0.25) is 29.4 Å². The maximum Gasteiger partial charge on any atom is 2.00 e. The van der Waals surface area contributed by atoms with Gasteiger partial charge in [-0.2, -0.15) is 26.2 Å². The molecule has 0 bridgehead atoms. The Labute approximate surface area is 444 Å². The molecule has 0 unspecified atom stereocenters. The Morgan fingerprint density at radius 2 is 0.809 bits per heavy atom. The Morgan fingerprint density at radius 3 is 1.13 bits per heavy atom. The normalized spacial score (nSPS) is 15.4. The molecule has 4 aromatic carbocycles. The number of carbonyl (C=O) groups excluding carboxylic acids is 2. The van der Waals surface area contributed by atoms with Crippen LogP contribution in [0.5, 0.6) is 11.5 Å². The molecule has 0 radical (unpaired) electrons. The number of aromatic hydroxyl groups is 2. The standard InChI is InChI=1S/2C19H10Cl4N4O3.C4H8N2.2Ni/c2*1-6(9-16(28)7-4-2-3-5-8(7)24-18(9)29)26-27-17-10-11(19(30)25-17)13(21)15(23)14(22)12(10)20;1-2-6-4-3-5-1;;/h2*2-5H,1H3,(H3,24,25,26,27,28,29,30);1-4H2;;/q;;-2;2*+2/p-2. The number of fused-ring (bicyclic) bond motifs is 4. The SMILES string of the molecule is C/C(=N\N=C1/[N-]C(=O)c2c(Cl)c(Cl)c(Cl)c(Cl)c21)c1c(O)c2ccccc2[nH]c1=O.C/C(=N\N=C1/[N-]C(=O)c2c(Cl)c(Cl)c(Cl)c(Cl)c21)c1c(O)c2ccccc2[nH]c1=O.C1C[N-]CC[N-]1.[Ni+2].[Ni+2]. The molecule has 0 atom stereocenters.